The van der Waals surface area contributed by atoms with Crippen LogP contribution in [-0.2, 0) is 21.4 Å². The highest BCUT2D eigenvalue weighted by molar-refractivity contribution is 7.89. The van der Waals surface area contributed by atoms with E-state index in [2.05, 4.69) is 0 Å². The number of fused-ring (bicyclic) bond motifs is 1. The summed E-state index contributed by atoms with van der Waals surface area (Å²) in [5.74, 6) is 0.385. The van der Waals surface area contributed by atoms with Crippen LogP contribution in [-0.4, -0.2) is 43.3 Å². The molecule has 0 saturated carbocycles. The minimum absolute atomic E-state index is 0.119. The maximum Gasteiger partial charge on any atom is 0.247 e. The highest BCUT2D eigenvalue weighted by Crippen LogP contribution is 2.35. The molecule has 1 aliphatic rings. The van der Waals surface area contributed by atoms with Gasteiger partial charge in [-0.15, -0.1) is 0 Å². The SMILES string of the molecule is COc1ccc2sc(N(Cc3ccccc3)C(=O)C3CCCN3S(=O)(=O)c3ccc(Cl)cc3)nc2c1. The van der Waals surface area contributed by atoms with Crippen molar-refractivity contribution in [2.75, 3.05) is 18.6 Å². The van der Waals surface area contributed by atoms with E-state index in [1.165, 1.54) is 27.8 Å². The fraction of sp³-hybridized carbons (Fsp3) is 0.231. The number of nitrogens with zero attached hydrogens (tertiary/aromatic N) is 3. The summed E-state index contributed by atoms with van der Waals surface area (Å²) in [5, 5.41) is 0.965. The van der Waals surface area contributed by atoms with Gasteiger partial charge in [0.15, 0.2) is 5.13 Å². The second-order valence-electron chi connectivity index (χ2n) is 8.47. The molecule has 1 aromatic heterocycles. The molecule has 1 fully saturated rings. The van der Waals surface area contributed by atoms with Crippen LogP contribution in [0.1, 0.15) is 18.4 Å². The zero-order valence-corrected chi connectivity index (χ0v) is 21.9. The van der Waals surface area contributed by atoms with Gasteiger partial charge in [-0.3, -0.25) is 9.69 Å². The average Bonchev–Trinajstić information content (AvgIpc) is 3.55. The van der Waals surface area contributed by atoms with Crippen LogP contribution < -0.4 is 9.64 Å². The lowest BCUT2D eigenvalue weighted by molar-refractivity contribution is -0.121. The van der Waals surface area contributed by atoms with Gasteiger partial charge in [0.1, 0.15) is 11.8 Å². The summed E-state index contributed by atoms with van der Waals surface area (Å²) in [4.78, 5) is 20.5. The third-order valence-electron chi connectivity index (χ3n) is 6.17. The van der Waals surface area contributed by atoms with Gasteiger partial charge in [0, 0.05) is 17.6 Å². The number of rotatable bonds is 7. The van der Waals surface area contributed by atoms with Gasteiger partial charge in [-0.05, 0) is 54.8 Å². The molecule has 10 heteroatoms. The summed E-state index contributed by atoms with van der Waals surface area (Å²) in [5.41, 5.74) is 1.64. The number of amides is 1. The molecule has 1 saturated heterocycles. The van der Waals surface area contributed by atoms with Gasteiger partial charge in [-0.1, -0.05) is 53.3 Å². The predicted molar refractivity (Wildman–Crippen MR) is 142 cm³/mol. The molecule has 7 nitrogen and oxygen atoms in total. The smallest absolute Gasteiger partial charge is 0.247 e. The van der Waals surface area contributed by atoms with Crippen LogP contribution in [0.3, 0.4) is 0 Å². The first kappa shape index (κ1) is 24.7. The molecule has 0 aliphatic carbocycles. The van der Waals surface area contributed by atoms with E-state index in [0.29, 0.717) is 28.7 Å². The quantitative estimate of drug-likeness (QED) is 0.315. The van der Waals surface area contributed by atoms with Crippen molar-refractivity contribution < 1.29 is 17.9 Å². The van der Waals surface area contributed by atoms with Crippen LogP contribution in [0.4, 0.5) is 5.13 Å². The molecular weight excluding hydrogens is 518 g/mol. The van der Waals surface area contributed by atoms with Gasteiger partial charge < -0.3 is 4.74 Å². The number of carbonyl (C=O) groups is 1. The third kappa shape index (κ3) is 4.84. The number of sulfonamides is 1. The molecule has 0 radical (unpaired) electrons. The average molecular weight is 542 g/mol. The molecule has 4 aromatic rings. The van der Waals surface area contributed by atoms with Crippen LogP contribution in [0, 0.1) is 0 Å². The van der Waals surface area contributed by atoms with Crippen molar-refractivity contribution in [2.24, 2.45) is 0 Å². The van der Waals surface area contributed by atoms with E-state index >= 15 is 0 Å². The Labute approximate surface area is 218 Å². The second kappa shape index (κ2) is 10.2. The number of ether oxygens (including phenoxy) is 1. The Morgan fingerprint density at radius 3 is 2.61 bits per heavy atom. The number of halogens is 1. The highest BCUT2D eigenvalue weighted by atomic mass is 35.5. The minimum Gasteiger partial charge on any atom is -0.497 e. The zero-order valence-electron chi connectivity index (χ0n) is 19.5. The monoisotopic (exact) mass is 541 g/mol. The molecule has 1 aliphatic heterocycles. The fourth-order valence-corrected chi connectivity index (χ4v) is 7.07. The Hall–Kier alpha value is -2.98. The molecule has 5 rings (SSSR count). The van der Waals surface area contributed by atoms with E-state index in [-0.39, 0.29) is 23.9 Å². The first-order valence-electron chi connectivity index (χ1n) is 11.4. The maximum absolute atomic E-state index is 14.0. The predicted octanol–water partition coefficient (Wildman–Crippen LogP) is 5.34. The Bertz CT molecular complexity index is 1490. The number of carbonyl (C=O) groups excluding carboxylic acids is 1. The Morgan fingerprint density at radius 2 is 1.89 bits per heavy atom. The Balaban J connectivity index is 1.52. The largest absolute Gasteiger partial charge is 0.497 e. The number of hydrogen-bond acceptors (Lipinski definition) is 6. The standard InChI is InChI=1S/C26H24ClN3O4S2/c1-34-20-11-14-24-22(16-20)28-26(35-24)29(17-18-6-3-2-4-7-18)25(31)23-8-5-15-30(23)36(32,33)21-12-9-19(27)10-13-21/h2-4,6-7,9-14,16,23H,5,8,15,17H2,1H3. The lowest BCUT2D eigenvalue weighted by Crippen LogP contribution is -2.47. The normalized spacial score (nSPS) is 16.3. The molecular formula is C26H24ClN3O4S2. The third-order valence-corrected chi connectivity index (χ3v) is 9.41. The van der Waals surface area contributed by atoms with Crippen molar-refractivity contribution in [2.45, 2.75) is 30.3 Å². The van der Waals surface area contributed by atoms with Crippen LogP contribution in [0.25, 0.3) is 10.2 Å². The van der Waals surface area contributed by atoms with E-state index in [0.717, 1.165) is 15.8 Å². The topological polar surface area (TPSA) is 79.8 Å². The van der Waals surface area contributed by atoms with E-state index in [9.17, 15) is 13.2 Å². The van der Waals surface area contributed by atoms with Crippen molar-refractivity contribution in [3.63, 3.8) is 0 Å². The van der Waals surface area contributed by atoms with E-state index in [1.807, 2.05) is 48.5 Å². The fourth-order valence-electron chi connectivity index (χ4n) is 4.34. The van der Waals surface area contributed by atoms with Crippen molar-refractivity contribution in [3.8, 4) is 5.75 Å². The molecule has 2 heterocycles. The molecule has 3 aromatic carbocycles. The van der Waals surface area contributed by atoms with Crippen LogP contribution in [0.15, 0.2) is 77.7 Å². The van der Waals surface area contributed by atoms with E-state index < -0.39 is 16.1 Å². The summed E-state index contributed by atoms with van der Waals surface area (Å²) in [6.07, 6.45) is 1.04. The van der Waals surface area contributed by atoms with Gasteiger partial charge in [-0.2, -0.15) is 4.31 Å². The molecule has 186 valence electrons. The van der Waals surface area contributed by atoms with Gasteiger partial charge >= 0.3 is 0 Å². The summed E-state index contributed by atoms with van der Waals surface area (Å²) in [7, 11) is -2.29. The molecule has 1 atom stereocenters. The number of hydrogen-bond donors (Lipinski definition) is 0. The highest BCUT2D eigenvalue weighted by Gasteiger charge is 2.42. The summed E-state index contributed by atoms with van der Waals surface area (Å²) >= 11 is 7.35. The molecule has 1 unspecified atom stereocenters. The van der Waals surface area contributed by atoms with Crippen LogP contribution in [0.2, 0.25) is 5.02 Å². The molecule has 1 amide bonds. The van der Waals surface area contributed by atoms with E-state index in [4.69, 9.17) is 21.3 Å². The van der Waals surface area contributed by atoms with Gasteiger partial charge in [0.25, 0.3) is 0 Å². The Kier molecular flexibility index (Phi) is 6.98. The Morgan fingerprint density at radius 1 is 1.14 bits per heavy atom. The summed E-state index contributed by atoms with van der Waals surface area (Å²) in [6, 6.07) is 20.4. The van der Waals surface area contributed by atoms with Crippen molar-refractivity contribution in [1.29, 1.82) is 0 Å². The van der Waals surface area contributed by atoms with Gasteiger partial charge in [-0.25, -0.2) is 13.4 Å². The molecule has 0 N–H and O–H groups in total. The first-order valence-corrected chi connectivity index (χ1v) is 14.1. The molecule has 0 spiro atoms. The zero-order chi connectivity index (χ0) is 25.3. The number of benzene rings is 3. The first-order chi connectivity index (χ1) is 17.4. The van der Waals surface area contributed by atoms with Crippen molar-refractivity contribution in [1.82, 2.24) is 9.29 Å². The number of aromatic nitrogens is 1. The van der Waals surface area contributed by atoms with Crippen LogP contribution >= 0.6 is 22.9 Å². The minimum atomic E-state index is -3.88. The summed E-state index contributed by atoms with van der Waals surface area (Å²) in [6.45, 7) is 0.555. The second-order valence-corrected chi connectivity index (χ2v) is 11.8. The van der Waals surface area contributed by atoms with E-state index in [1.54, 1.807) is 24.1 Å². The molecule has 36 heavy (non-hydrogen) atoms. The number of thiazole rings is 1. The summed E-state index contributed by atoms with van der Waals surface area (Å²) < 4.78 is 34.5. The van der Waals surface area contributed by atoms with Crippen molar-refractivity contribution in [3.05, 3.63) is 83.4 Å². The maximum atomic E-state index is 14.0. The van der Waals surface area contributed by atoms with Crippen LogP contribution in [0.5, 0.6) is 5.75 Å². The molecule has 0 bridgehead atoms. The lowest BCUT2D eigenvalue weighted by atomic mass is 10.1. The lowest BCUT2D eigenvalue weighted by Gasteiger charge is -2.28. The number of methoxy groups -OCH3 is 1. The number of anilines is 1. The van der Waals surface area contributed by atoms with Crippen molar-refractivity contribution >= 4 is 54.2 Å². The van der Waals surface area contributed by atoms with Gasteiger partial charge in [0.2, 0.25) is 15.9 Å². The van der Waals surface area contributed by atoms with Gasteiger partial charge in [0.05, 0.1) is 28.8 Å².